The van der Waals surface area contributed by atoms with Crippen LogP contribution in [-0.2, 0) is 15.1 Å². The number of carbonyl (C=O) groups is 2. The van der Waals surface area contributed by atoms with Gasteiger partial charge in [-0.1, -0.05) is 12.7 Å². The summed E-state index contributed by atoms with van der Waals surface area (Å²) in [6, 6.07) is 0.508. The Morgan fingerprint density at radius 3 is 2.69 bits per heavy atom. The number of oxazole rings is 1. The van der Waals surface area contributed by atoms with Crippen molar-refractivity contribution in [3.8, 4) is 17.1 Å². The molecule has 13 heteroatoms. The molecule has 1 atom stereocenters. The highest BCUT2D eigenvalue weighted by atomic mass is 19.4. The van der Waals surface area contributed by atoms with E-state index >= 15 is 0 Å². The number of hydrogen-bond donors (Lipinski definition) is 1. The predicted octanol–water partition coefficient (Wildman–Crippen LogP) is 2.97. The van der Waals surface area contributed by atoms with Crippen LogP contribution in [0, 0.1) is 0 Å². The van der Waals surface area contributed by atoms with Crippen LogP contribution in [0.4, 0.5) is 18.0 Å². The quantitative estimate of drug-likeness (QED) is 0.539. The third kappa shape index (κ3) is 6.33. The lowest BCUT2D eigenvalue weighted by molar-refractivity contribution is -0.143. The van der Waals surface area contributed by atoms with E-state index < -0.39 is 36.3 Å². The van der Waals surface area contributed by atoms with Crippen molar-refractivity contribution in [3.05, 3.63) is 43.2 Å². The minimum Gasteiger partial charge on any atom is -0.495 e. The van der Waals surface area contributed by atoms with Crippen LogP contribution in [0.1, 0.15) is 19.7 Å². The van der Waals surface area contributed by atoms with E-state index in [1.165, 1.54) is 19.4 Å². The van der Waals surface area contributed by atoms with Gasteiger partial charge in [-0.15, -0.1) is 0 Å². The molecule has 1 saturated heterocycles. The highest BCUT2D eigenvalue weighted by molar-refractivity contribution is 5.86. The summed E-state index contributed by atoms with van der Waals surface area (Å²) in [4.78, 5) is 36.6. The number of amides is 2. The molecule has 0 aliphatic carbocycles. The zero-order valence-corrected chi connectivity index (χ0v) is 20.2. The van der Waals surface area contributed by atoms with Gasteiger partial charge in [0.2, 0.25) is 11.8 Å². The largest absolute Gasteiger partial charge is 0.495 e. The van der Waals surface area contributed by atoms with Gasteiger partial charge < -0.3 is 19.2 Å². The normalized spacial score (nSPS) is 16.9. The van der Waals surface area contributed by atoms with E-state index in [9.17, 15) is 22.8 Å². The Morgan fingerprint density at radius 2 is 2.03 bits per heavy atom. The molecule has 1 N–H and O–H groups in total. The molecule has 0 radical (unpaired) electrons. The fraction of sp³-hybridized carbons (Fsp3) is 0.478. The monoisotopic (exact) mass is 511 g/mol. The summed E-state index contributed by atoms with van der Waals surface area (Å²) < 4.78 is 54.3. The maximum Gasteiger partial charge on any atom is 0.410 e. The molecule has 0 saturated carbocycles. The molecular formula is C23H28F3N5O5. The van der Waals surface area contributed by atoms with Gasteiger partial charge in [-0.3, -0.25) is 19.6 Å². The number of rotatable bonds is 8. The Balaban J connectivity index is 1.82. The van der Waals surface area contributed by atoms with Crippen LogP contribution in [0.15, 0.2) is 41.7 Å². The fourth-order valence-electron chi connectivity index (χ4n) is 3.74. The number of pyridine rings is 1. The van der Waals surface area contributed by atoms with E-state index in [2.05, 4.69) is 16.5 Å². The number of halogens is 3. The van der Waals surface area contributed by atoms with Gasteiger partial charge in [0, 0.05) is 31.4 Å². The molecule has 36 heavy (non-hydrogen) atoms. The topological polar surface area (TPSA) is 110 Å². The van der Waals surface area contributed by atoms with Gasteiger partial charge in [-0.25, -0.2) is 9.78 Å². The van der Waals surface area contributed by atoms with Crippen molar-refractivity contribution in [2.75, 3.05) is 39.9 Å². The Labute approximate surface area is 206 Å². The van der Waals surface area contributed by atoms with Gasteiger partial charge >= 0.3 is 12.3 Å². The molecule has 2 amide bonds. The van der Waals surface area contributed by atoms with Gasteiger partial charge in [-0.05, 0) is 19.9 Å². The summed E-state index contributed by atoms with van der Waals surface area (Å²) in [7, 11) is 1.52. The van der Waals surface area contributed by atoms with Crippen molar-refractivity contribution in [2.45, 2.75) is 31.6 Å². The van der Waals surface area contributed by atoms with Crippen molar-refractivity contribution in [1.82, 2.24) is 25.1 Å². The fourth-order valence-corrected chi connectivity index (χ4v) is 3.74. The summed E-state index contributed by atoms with van der Waals surface area (Å²) in [6.45, 7) is 5.72. The molecule has 0 bridgehead atoms. The Bertz CT molecular complexity index is 1090. The molecular weight excluding hydrogens is 483 g/mol. The zero-order valence-electron chi connectivity index (χ0n) is 20.2. The first-order valence-corrected chi connectivity index (χ1v) is 11.1. The Morgan fingerprint density at radius 1 is 1.28 bits per heavy atom. The number of piperazine rings is 1. The van der Waals surface area contributed by atoms with E-state index in [4.69, 9.17) is 13.9 Å². The highest BCUT2D eigenvalue weighted by Gasteiger charge is 2.43. The van der Waals surface area contributed by atoms with Crippen LogP contribution in [0.5, 0.6) is 5.75 Å². The van der Waals surface area contributed by atoms with Gasteiger partial charge in [0.1, 0.15) is 24.9 Å². The first-order valence-electron chi connectivity index (χ1n) is 11.1. The van der Waals surface area contributed by atoms with Crippen molar-refractivity contribution in [2.24, 2.45) is 0 Å². The van der Waals surface area contributed by atoms with Gasteiger partial charge in [0.15, 0.2) is 5.76 Å². The summed E-state index contributed by atoms with van der Waals surface area (Å²) in [5, 5.41) is 1.86. The lowest BCUT2D eigenvalue weighted by atomic mass is 9.99. The number of ether oxygens (including phenoxy) is 2. The molecule has 0 spiro atoms. The number of nitrogens with zero attached hydrogens (tertiary/aromatic N) is 4. The average molecular weight is 512 g/mol. The second-order valence-corrected chi connectivity index (χ2v) is 8.56. The SMILES string of the molecule is C=CCOC(=O)N1CCN(C(C)(C)c2ncc(-c3cncc(OC)c3)o2)C[C@H]1C(=O)NCC(F)(F)F. The van der Waals surface area contributed by atoms with Crippen molar-refractivity contribution in [1.29, 1.82) is 0 Å². The summed E-state index contributed by atoms with van der Waals surface area (Å²) in [5.41, 5.74) is -0.229. The molecule has 3 rings (SSSR count). The number of alkyl halides is 3. The van der Waals surface area contributed by atoms with Crippen molar-refractivity contribution >= 4 is 12.0 Å². The molecule has 0 aromatic carbocycles. The van der Waals surface area contributed by atoms with Crippen molar-refractivity contribution in [3.63, 3.8) is 0 Å². The second kappa shape index (κ2) is 11.0. The van der Waals surface area contributed by atoms with Crippen molar-refractivity contribution < 1.29 is 36.7 Å². The van der Waals surface area contributed by atoms with E-state index in [0.717, 1.165) is 4.90 Å². The van der Waals surface area contributed by atoms with Crippen LogP contribution in [0.25, 0.3) is 11.3 Å². The summed E-state index contributed by atoms with van der Waals surface area (Å²) >= 11 is 0. The van der Waals surface area contributed by atoms with Crippen LogP contribution < -0.4 is 10.1 Å². The van der Waals surface area contributed by atoms with Crippen LogP contribution in [-0.4, -0.2) is 83.9 Å². The summed E-state index contributed by atoms with van der Waals surface area (Å²) in [5.74, 6) is 0.351. The zero-order chi connectivity index (χ0) is 26.5. The number of methoxy groups -OCH3 is 1. The second-order valence-electron chi connectivity index (χ2n) is 8.56. The average Bonchev–Trinajstić information content (AvgIpc) is 3.36. The number of nitrogens with one attached hydrogen (secondary N) is 1. The van der Waals surface area contributed by atoms with E-state index in [1.54, 1.807) is 18.5 Å². The molecule has 3 heterocycles. The van der Waals surface area contributed by atoms with Gasteiger partial charge in [0.25, 0.3) is 0 Å². The number of carbonyl (C=O) groups excluding carboxylic acids is 2. The smallest absolute Gasteiger partial charge is 0.410 e. The minimum absolute atomic E-state index is 0.0386. The molecule has 1 fully saturated rings. The first kappa shape index (κ1) is 27.0. The highest BCUT2D eigenvalue weighted by Crippen LogP contribution is 2.33. The Hall–Kier alpha value is -3.61. The molecule has 0 unspecified atom stereocenters. The maximum atomic E-state index is 12.7. The standard InChI is InChI=1S/C23H28F3N5O5/c1-5-8-35-21(33)31-7-6-30(13-17(31)19(32)29-14-23(24,25)26)22(2,3)20-28-12-18(36-20)15-9-16(34-4)11-27-10-15/h5,9-12,17H,1,6-8,13-14H2,2-4H3,(H,29,32)/t17-/m0/s1. The Kier molecular flexibility index (Phi) is 8.23. The van der Waals surface area contributed by atoms with E-state index in [0.29, 0.717) is 23.0 Å². The third-order valence-electron chi connectivity index (χ3n) is 5.76. The van der Waals surface area contributed by atoms with Crippen LogP contribution in [0.2, 0.25) is 0 Å². The first-order chi connectivity index (χ1) is 17.0. The lowest BCUT2D eigenvalue weighted by Gasteiger charge is -2.45. The van der Waals surface area contributed by atoms with Gasteiger partial charge in [-0.2, -0.15) is 13.2 Å². The maximum absolute atomic E-state index is 12.7. The molecule has 1 aliphatic heterocycles. The van der Waals surface area contributed by atoms with E-state index in [1.807, 2.05) is 24.1 Å². The minimum atomic E-state index is -4.60. The molecule has 10 nitrogen and oxygen atoms in total. The summed E-state index contributed by atoms with van der Waals surface area (Å²) in [6.07, 6.45) is 0.616. The molecule has 196 valence electrons. The van der Waals surface area contributed by atoms with Gasteiger partial charge in [0.05, 0.1) is 25.0 Å². The van der Waals surface area contributed by atoms with Crippen LogP contribution in [0.3, 0.4) is 0 Å². The predicted molar refractivity (Wildman–Crippen MR) is 122 cm³/mol. The molecule has 2 aromatic heterocycles. The third-order valence-corrected chi connectivity index (χ3v) is 5.76. The van der Waals surface area contributed by atoms with Crippen LogP contribution >= 0.6 is 0 Å². The lowest BCUT2D eigenvalue weighted by Crippen LogP contribution is -2.64. The molecule has 1 aliphatic rings. The molecule has 2 aromatic rings. The number of hydrogen-bond acceptors (Lipinski definition) is 8. The number of aromatic nitrogens is 2. The van der Waals surface area contributed by atoms with E-state index in [-0.39, 0.29) is 26.2 Å².